The van der Waals surface area contributed by atoms with Gasteiger partial charge < -0.3 is 9.80 Å². The lowest BCUT2D eigenvalue weighted by molar-refractivity contribution is -0.142. The maximum atomic E-state index is 12.9. The molecule has 1 aliphatic rings. The molecule has 0 unspecified atom stereocenters. The third kappa shape index (κ3) is 4.22. The van der Waals surface area contributed by atoms with E-state index in [1.165, 1.54) is 6.92 Å². The molecule has 2 aromatic rings. The summed E-state index contributed by atoms with van der Waals surface area (Å²) in [6.07, 6.45) is -4.65. The summed E-state index contributed by atoms with van der Waals surface area (Å²) < 4.78 is 39.8. The number of rotatable bonds is 3. The Bertz CT molecular complexity index is 890. The van der Waals surface area contributed by atoms with Crippen LogP contribution in [0.15, 0.2) is 18.2 Å². The first-order valence-electron chi connectivity index (χ1n) is 8.67. The molecule has 5 nitrogen and oxygen atoms in total. The molecule has 3 rings (SSSR count). The summed E-state index contributed by atoms with van der Waals surface area (Å²) in [4.78, 5) is 16.3. The average Bonchev–Trinajstić information content (AvgIpc) is 2.92. The highest BCUT2D eigenvalue weighted by atomic mass is 35.5. The van der Waals surface area contributed by atoms with E-state index in [-0.39, 0.29) is 18.1 Å². The number of aromatic nitrogens is 2. The zero-order valence-corrected chi connectivity index (χ0v) is 16.9. The normalized spacial score (nSPS) is 15.2. The average molecular weight is 435 g/mol. The molecule has 1 fully saturated rings. The number of aryl methyl sites for hydroxylation is 1. The van der Waals surface area contributed by atoms with Crippen molar-refractivity contribution in [3.63, 3.8) is 0 Å². The maximum Gasteiger partial charge on any atom is 0.436 e. The second-order valence-corrected chi connectivity index (χ2v) is 7.49. The number of piperazine rings is 1. The van der Waals surface area contributed by atoms with Crippen molar-refractivity contribution in [3.8, 4) is 0 Å². The van der Waals surface area contributed by atoms with Crippen LogP contribution in [0.2, 0.25) is 10.0 Å². The number of benzene rings is 1. The van der Waals surface area contributed by atoms with E-state index in [1.54, 1.807) is 4.90 Å². The molecule has 1 amide bonds. The molecular weight excluding hydrogens is 416 g/mol. The Morgan fingerprint density at radius 3 is 2.32 bits per heavy atom. The van der Waals surface area contributed by atoms with Crippen molar-refractivity contribution in [2.45, 2.75) is 26.6 Å². The monoisotopic (exact) mass is 434 g/mol. The molecule has 10 heteroatoms. The predicted octanol–water partition coefficient (Wildman–Crippen LogP) is 4.17. The summed E-state index contributed by atoms with van der Waals surface area (Å²) in [6.45, 7) is 5.26. The van der Waals surface area contributed by atoms with Gasteiger partial charge in [0.25, 0.3) is 0 Å². The first kappa shape index (κ1) is 20.8. The Balaban J connectivity index is 1.64. The molecule has 28 heavy (non-hydrogen) atoms. The van der Waals surface area contributed by atoms with E-state index in [4.69, 9.17) is 23.2 Å². The van der Waals surface area contributed by atoms with E-state index >= 15 is 0 Å². The summed E-state index contributed by atoms with van der Waals surface area (Å²) >= 11 is 11.8. The summed E-state index contributed by atoms with van der Waals surface area (Å²) in [6, 6.07) is 5.76. The van der Waals surface area contributed by atoms with E-state index < -0.39 is 16.9 Å². The van der Waals surface area contributed by atoms with E-state index in [1.807, 2.05) is 25.1 Å². The number of alkyl halides is 3. The lowest BCUT2D eigenvalue weighted by Gasteiger charge is -2.36. The Morgan fingerprint density at radius 2 is 1.79 bits per heavy atom. The zero-order valence-electron chi connectivity index (χ0n) is 15.4. The third-order valence-corrected chi connectivity index (χ3v) is 5.70. The second-order valence-electron chi connectivity index (χ2n) is 6.70. The number of amides is 1. The molecule has 0 saturated carbocycles. The number of carbonyl (C=O) groups is 1. The molecule has 1 aromatic carbocycles. The standard InChI is InChI=1S/C18H19Cl2F3N4O/c1-11-9-13(3-4-14(11)19)25-5-7-26(8-6-25)15(28)10-27-12(2)16(20)17(24-27)18(21,22)23/h3-4,9H,5-8,10H2,1-2H3. The minimum Gasteiger partial charge on any atom is -0.368 e. The van der Waals surface area contributed by atoms with Crippen molar-refractivity contribution in [2.75, 3.05) is 31.1 Å². The van der Waals surface area contributed by atoms with Crippen LogP contribution in [-0.4, -0.2) is 46.8 Å². The number of hydrogen-bond donors (Lipinski definition) is 0. The molecule has 2 heterocycles. The fourth-order valence-corrected chi connectivity index (χ4v) is 3.49. The number of nitrogens with zero attached hydrogens (tertiary/aromatic N) is 4. The van der Waals surface area contributed by atoms with Crippen molar-refractivity contribution in [1.82, 2.24) is 14.7 Å². The van der Waals surface area contributed by atoms with Gasteiger partial charge in [-0.25, -0.2) is 0 Å². The van der Waals surface area contributed by atoms with Crippen LogP contribution in [0.3, 0.4) is 0 Å². The van der Waals surface area contributed by atoms with Crippen molar-refractivity contribution in [3.05, 3.63) is 45.2 Å². The highest BCUT2D eigenvalue weighted by Gasteiger charge is 2.38. The molecule has 0 atom stereocenters. The number of carbonyl (C=O) groups excluding carboxylic acids is 1. The van der Waals surface area contributed by atoms with Gasteiger partial charge in [0.15, 0.2) is 5.69 Å². The molecule has 1 saturated heterocycles. The molecule has 0 bridgehead atoms. The van der Waals surface area contributed by atoms with Gasteiger partial charge in [0, 0.05) is 36.9 Å². The minimum atomic E-state index is -4.65. The van der Waals surface area contributed by atoms with Crippen LogP contribution in [0.25, 0.3) is 0 Å². The summed E-state index contributed by atoms with van der Waals surface area (Å²) in [5.41, 5.74) is 0.961. The Hall–Kier alpha value is -1.93. The summed E-state index contributed by atoms with van der Waals surface area (Å²) in [7, 11) is 0. The lowest BCUT2D eigenvalue weighted by Crippen LogP contribution is -2.49. The van der Waals surface area contributed by atoms with Gasteiger partial charge in [0.05, 0.1) is 10.7 Å². The van der Waals surface area contributed by atoms with Gasteiger partial charge in [-0.3, -0.25) is 9.48 Å². The molecule has 1 aromatic heterocycles. The van der Waals surface area contributed by atoms with Gasteiger partial charge >= 0.3 is 6.18 Å². The molecule has 1 aliphatic heterocycles. The van der Waals surface area contributed by atoms with Gasteiger partial charge in [-0.2, -0.15) is 18.3 Å². The Labute approximate surface area is 170 Å². The second kappa shape index (κ2) is 7.83. The topological polar surface area (TPSA) is 41.4 Å². The molecule has 152 valence electrons. The fourth-order valence-electron chi connectivity index (χ4n) is 3.13. The van der Waals surface area contributed by atoms with Gasteiger partial charge in [-0.05, 0) is 37.6 Å². The number of anilines is 1. The predicted molar refractivity (Wildman–Crippen MR) is 102 cm³/mol. The van der Waals surface area contributed by atoms with Crippen molar-refractivity contribution >= 4 is 34.8 Å². The van der Waals surface area contributed by atoms with E-state index in [2.05, 4.69) is 10.00 Å². The smallest absolute Gasteiger partial charge is 0.368 e. The summed E-state index contributed by atoms with van der Waals surface area (Å²) in [5.74, 6) is -0.289. The van der Waals surface area contributed by atoms with Gasteiger partial charge in [0.2, 0.25) is 5.91 Å². The highest BCUT2D eigenvalue weighted by Crippen LogP contribution is 2.35. The van der Waals surface area contributed by atoms with E-state index in [0.717, 1.165) is 15.9 Å². The minimum absolute atomic E-state index is 0.123. The van der Waals surface area contributed by atoms with Crippen LogP contribution in [0, 0.1) is 13.8 Å². The van der Waals surface area contributed by atoms with E-state index in [0.29, 0.717) is 31.2 Å². The number of halogens is 5. The van der Waals surface area contributed by atoms with Crippen LogP contribution in [-0.2, 0) is 17.5 Å². The van der Waals surface area contributed by atoms with Crippen LogP contribution in [0.1, 0.15) is 17.0 Å². The van der Waals surface area contributed by atoms with Gasteiger partial charge in [-0.15, -0.1) is 0 Å². The summed E-state index contributed by atoms with van der Waals surface area (Å²) in [5, 5.41) is 3.71. The third-order valence-electron chi connectivity index (χ3n) is 4.83. The van der Waals surface area contributed by atoms with Gasteiger partial charge in [0.1, 0.15) is 6.54 Å². The Morgan fingerprint density at radius 1 is 1.14 bits per heavy atom. The largest absolute Gasteiger partial charge is 0.436 e. The molecule has 0 aliphatic carbocycles. The maximum absolute atomic E-state index is 12.9. The number of hydrogen-bond acceptors (Lipinski definition) is 3. The van der Waals surface area contributed by atoms with Crippen LogP contribution in [0.4, 0.5) is 18.9 Å². The van der Waals surface area contributed by atoms with Crippen LogP contribution >= 0.6 is 23.2 Å². The molecular formula is C18H19Cl2F3N4O. The molecule has 0 radical (unpaired) electrons. The fraction of sp³-hybridized carbons (Fsp3) is 0.444. The van der Waals surface area contributed by atoms with Crippen LogP contribution < -0.4 is 4.90 Å². The zero-order chi connectivity index (χ0) is 20.6. The van der Waals surface area contributed by atoms with Crippen molar-refractivity contribution in [2.24, 2.45) is 0 Å². The van der Waals surface area contributed by atoms with Crippen molar-refractivity contribution in [1.29, 1.82) is 0 Å². The van der Waals surface area contributed by atoms with Crippen LogP contribution in [0.5, 0.6) is 0 Å². The highest BCUT2D eigenvalue weighted by molar-refractivity contribution is 6.32. The SMILES string of the molecule is Cc1cc(N2CCN(C(=O)Cn3nc(C(F)(F)F)c(Cl)c3C)CC2)ccc1Cl. The first-order valence-corrected chi connectivity index (χ1v) is 9.42. The first-order chi connectivity index (χ1) is 13.1. The lowest BCUT2D eigenvalue weighted by atomic mass is 10.2. The molecule has 0 N–H and O–H groups in total. The van der Waals surface area contributed by atoms with Crippen molar-refractivity contribution < 1.29 is 18.0 Å². The quantitative estimate of drug-likeness (QED) is 0.727. The molecule has 0 spiro atoms. The van der Waals surface area contributed by atoms with E-state index in [9.17, 15) is 18.0 Å². The van der Waals surface area contributed by atoms with Gasteiger partial charge in [-0.1, -0.05) is 23.2 Å². The Kier molecular flexibility index (Phi) is 5.82.